The summed E-state index contributed by atoms with van der Waals surface area (Å²) >= 11 is 0. The van der Waals surface area contributed by atoms with E-state index in [1.54, 1.807) is 4.90 Å². The molecule has 1 aliphatic carbocycles. The van der Waals surface area contributed by atoms with Gasteiger partial charge in [0.1, 0.15) is 0 Å². The number of hydrogen-bond acceptors (Lipinski definition) is 3. The Balaban J connectivity index is 1.81. The molecule has 0 aromatic carbocycles. The second kappa shape index (κ2) is 6.64. The average Bonchev–Trinajstić information content (AvgIpc) is 2.95. The molecule has 1 heterocycles. The Kier molecular flexibility index (Phi) is 5.08. The van der Waals surface area contributed by atoms with Gasteiger partial charge >= 0.3 is 12.0 Å². The van der Waals surface area contributed by atoms with Crippen LogP contribution in [0.3, 0.4) is 0 Å². The maximum atomic E-state index is 12.2. The summed E-state index contributed by atoms with van der Waals surface area (Å²) in [6.07, 6.45) is 3.22. The van der Waals surface area contributed by atoms with Crippen LogP contribution in [0, 0.1) is 5.41 Å². The van der Waals surface area contributed by atoms with E-state index in [4.69, 9.17) is 0 Å². The summed E-state index contributed by atoms with van der Waals surface area (Å²) in [6, 6.07) is 0.384. The Morgan fingerprint density at radius 3 is 2.19 bits per heavy atom. The molecule has 0 aromatic rings. The van der Waals surface area contributed by atoms with Crippen LogP contribution in [-0.2, 0) is 4.79 Å². The number of carboxylic acid groups (broad SMARTS) is 1. The third kappa shape index (κ3) is 3.67. The number of carbonyl (C=O) groups is 2. The number of nitrogens with one attached hydrogen (secondary N) is 1. The molecule has 0 spiro atoms. The number of aliphatic carboxylic acids is 1. The molecule has 6 heteroatoms. The number of piperazine rings is 1. The maximum absolute atomic E-state index is 12.2. The van der Waals surface area contributed by atoms with Crippen molar-refractivity contribution in [3.63, 3.8) is 0 Å². The lowest BCUT2D eigenvalue weighted by atomic mass is 9.86. The van der Waals surface area contributed by atoms with Crippen LogP contribution in [0.15, 0.2) is 0 Å². The van der Waals surface area contributed by atoms with Gasteiger partial charge in [0.15, 0.2) is 0 Å². The molecule has 1 saturated heterocycles. The molecule has 21 heavy (non-hydrogen) atoms. The molecule has 0 atom stereocenters. The first-order valence-electron chi connectivity index (χ1n) is 7.95. The summed E-state index contributed by atoms with van der Waals surface area (Å²) in [5.74, 6) is -0.773. The minimum Gasteiger partial charge on any atom is -0.481 e. The zero-order valence-electron chi connectivity index (χ0n) is 13.1. The Morgan fingerprint density at radius 1 is 1.14 bits per heavy atom. The minimum atomic E-state index is -0.773. The van der Waals surface area contributed by atoms with Crippen molar-refractivity contribution in [2.75, 3.05) is 32.7 Å². The Hall–Kier alpha value is -1.30. The van der Waals surface area contributed by atoms with Crippen molar-refractivity contribution in [2.45, 2.75) is 45.6 Å². The molecule has 0 aromatic heterocycles. The van der Waals surface area contributed by atoms with Crippen LogP contribution in [0.25, 0.3) is 0 Å². The molecule has 1 aliphatic heterocycles. The van der Waals surface area contributed by atoms with Gasteiger partial charge in [-0.1, -0.05) is 12.8 Å². The van der Waals surface area contributed by atoms with Gasteiger partial charge in [-0.05, 0) is 26.7 Å². The molecule has 0 unspecified atom stereocenters. The number of amides is 2. The highest BCUT2D eigenvalue weighted by Crippen LogP contribution is 2.37. The summed E-state index contributed by atoms with van der Waals surface area (Å²) in [6.45, 7) is 7.77. The molecule has 120 valence electrons. The number of hydrogen-bond donors (Lipinski definition) is 2. The Labute approximate surface area is 126 Å². The lowest BCUT2D eigenvalue weighted by molar-refractivity contribution is -0.148. The van der Waals surface area contributed by atoms with Crippen molar-refractivity contribution in [1.29, 1.82) is 0 Å². The van der Waals surface area contributed by atoms with Crippen molar-refractivity contribution < 1.29 is 14.7 Å². The van der Waals surface area contributed by atoms with E-state index in [0.29, 0.717) is 32.0 Å². The molecule has 2 amide bonds. The van der Waals surface area contributed by atoms with Gasteiger partial charge in [0.05, 0.1) is 5.41 Å². The second-order valence-corrected chi connectivity index (χ2v) is 6.57. The molecule has 2 N–H and O–H groups in total. The third-order valence-electron chi connectivity index (χ3n) is 4.92. The van der Waals surface area contributed by atoms with Gasteiger partial charge in [-0.3, -0.25) is 9.69 Å². The summed E-state index contributed by atoms with van der Waals surface area (Å²) < 4.78 is 0. The van der Waals surface area contributed by atoms with Gasteiger partial charge in [0, 0.05) is 38.8 Å². The predicted molar refractivity (Wildman–Crippen MR) is 80.2 cm³/mol. The molecule has 2 aliphatic rings. The lowest BCUT2D eigenvalue weighted by Gasteiger charge is -2.37. The summed E-state index contributed by atoms with van der Waals surface area (Å²) in [4.78, 5) is 27.8. The van der Waals surface area contributed by atoms with Crippen molar-refractivity contribution in [3.05, 3.63) is 0 Å². The van der Waals surface area contributed by atoms with E-state index in [-0.39, 0.29) is 12.6 Å². The Morgan fingerprint density at radius 2 is 1.71 bits per heavy atom. The molecular formula is C15H27N3O3. The fraction of sp³-hybridized carbons (Fsp3) is 0.867. The van der Waals surface area contributed by atoms with Crippen LogP contribution in [0.5, 0.6) is 0 Å². The highest BCUT2D eigenvalue weighted by atomic mass is 16.4. The molecular weight excluding hydrogens is 270 g/mol. The number of carbonyl (C=O) groups excluding carboxylic acids is 1. The van der Waals surface area contributed by atoms with Crippen LogP contribution >= 0.6 is 0 Å². The number of rotatable bonds is 4. The van der Waals surface area contributed by atoms with Crippen LogP contribution in [0.1, 0.15) is 39.5 Å². The number of nitrogens with zero attached hydrogens (tertiary/aromatic N) is 2. The maximum Gasteiger partial charge on any atom is 0.317 e. The smallest absolute Gasteiger partial charge is 0.317 e. The van der Waals surface area contributed by atoms with E-state index in [1.165, 1.54) is 0 Å². The number of carboxylic acids is 1. The average molecular weight is 297 g/mol. The zero-order valence-corrected chi connectivity index (χ0v) is 13.1. The van der Waals surface area contributed by atoms with Crippen molar-refractivity contribution in [2.24, 2.45) is 5.41 Å². The van der Waals surface area contributed by atoms with E-state index >= 15 is 0 Å². The molecule has 6 nitrogen and oxygen atoms in total. The van der Waals surface area contributed by atoms with Crippen molar-refractivity contribution >= 4 is 12.0 Å². The van der Waals surface area contributed by atoms with E-state index in [9.17, 15) is 14.7 Å². The van der Waals surface area contributed by atoms with Crippen LogP contribution in [-0.4, -0.2) is 65.7 Å². The fourth-order valence-electron chi connectivity index (χ4n) is 3.32. The van der Waals surface area contributed by atoms with E-state index in [0.717, 1.165) is 25.9 Å². The van der Waals surface area contributed by atoms with E-state index in [2.05, 4.69) is 24.1 Å². The fourth-order valence-corrected chi connectivity index (χ4v) is 3.32. The van der Waals surface area contributed by atoms with E-state index in [1.807, 2.05) is 0 Å². The van der Waals surface area contributed by atoms with Gasteiger partial charge in [0.25, 0.3) is 0 Å². The first-order chi connectivity index (χ1) is 9.94. The minimum absolute atomic E-state index is 0.120. The highest BCUT2D eigenvalue weighted by molar-refractivity contribution is 5.78. The SMILES string of the molecule is CC(C)N1CCN(C(=O)NCC2(C(=O)O)CCCC2)CC1. The van der Waals surface area contributed by atoms with Gasteiger partial charge in [-0.25, -0.2) is 4.79 Å². The summed E-state index contributed by atoms with van der Waals surface area (Å²) in [5.41, 5.74) is -0.741. The second-order valence-electron chi connectivity index (χ2n) is 6.57. The monoisotopic (exact) mass is 297 g/mol. The quantitative estimate of drug-likeness (QED) is 0.822. The van der Waals surface area contributed by atoms with Crippen molar-refractivity contribution in [3.8, 4) is 0 Å². The lowest BCUT2D eigenvalue weighted by Crippen LogP contribution is -2.54. The zero-order chi connectivity index (χ0) is 15.5. The topological polar surface area (TPSA) is 72.9 Å². The third-order valence-corrected chi connectivity index (χ3v) is 4.92. The molecule has 1 saturated carbocycles. The van der Waals surface area contributed by atoms with Gasteiger partial charge in [0.2, 0.25) is 0 Å². The number of urea groups is 1. The predicted octanol–water partition coefficient (Wildman–Crippen LogP) is 1.37. The van der Waals surface area contributed by atoms with Crippen molar-refractivity contribution in [1.82, 2.24) is 15.1 Å². The Bertz CT molecular complexity index is 384. The molecule has 2 rings (SSSR count). The van der Waals surface area contributed by atoms with Gasteiger partial charge in [-0.15, -0.1) is 0 Å². The standard InChI is InChI=1S/C15H27N3O3/c1-12(2)17-7-9-18(10-8-17)14(21)16-11-15(13(19)20)5-3-4-6-15/h12H,3-11H2,1-2H3,(H,16,21)(H,19,20). The molecule has 0 bridgehead atoms. The largest absolute Gasteiger partial charge is 0.481 e. The first-order valence-corrected chi connectivity index (χ1v) is 7.95. The first kappa shape index (κ1) is 16.1. The van der Waals surface area contributed by atoms with Crippen LogP contribution < -0.4 is 5.32 Å². The van der Waals surface area contributed by atoms with Crippen LogP contribution in [0.4, 0.5) is 4.79 Å². The molecule has 2 fully saturated rings. The summed E-state index contributed by atoms with van der Waals surface area (Å²) in [7, 11) is 0. The summed E-state index contributed by atoms with van der Waals surface area (Å²) in [5, 5.41) is 12.3. The van der Waals surface area contributed by atoms with E-state index < -0.39 is 11.4 Å². The van der Waals surface area contributed by atoms with Gasteiger partial charge in [-0.2, -0.15) is 0 Å². The van der Waals surface area contributed by atoms with Crippen LogP contribution in [0.2, 0.25) is 0 Å². The normalized spacial score (nSPS) is 22.5. The highest BCUT2D eigenvalue weighted by Gasteiger charge is 2.41. The molecule has 0 radical (unpaired) electrons. The van der Waals surface area contributed by atoms with Gasteiger partial charge < -0.3 is 15.3 Å².